The zero-order chi connectivity index (χ0) is 15.1. The van der Waals surface area contributed by atoms with Gasteiger partial charge in [0.15, 0.2) is 9.84 Å². The normalized spacial score (nSPS) is 33.6. The number of carbonyl (C=O) groups excluding carboxylic acids is 2. The predicted molar refractivity (Wildman–Crippen MR) is 74.8 cm³/mol. The Morgan fingerprint density at radius 2 is 2.00 bits per heavy atom. The molecule has 0 radical (unpaired) electrons. The van der Waals surface area contributed by atoms with E-state index in [4.69, 9.17) is 0 Å². The molecule has 2 amide bonds. The van der Waals surface area contributed by atoms with Crippen molar-refractivity contribution in [1.82, 2.24) is 10.2 Å². The summed E-state index contributed by atoms with van der Waals surface area (Å²) in [4.78, 5) is 25.8. The number of nitrogens with zero attached hydrogens (tertiary/aromatic N) is 1. The highest BCUT2D eigenvalue weighted by molar-refractivity contribution is 7.92. The Morgan fingerprint density at radius 1 is 1.35 bits per heavy atom. The predicted octanol–water partition coefficient (Wildman–Crippen LogP) is -0.0649. The topological polar surface area (TPSA) is 83.6 Å². The lowest BCUT2D eigenvalue weighted by Crippen LogP contribution is -2.65. The standard InChI is InChI=1S/C13H22N2O4S/c1-8(2)11-13(17)15(9(3)12(16)14-11)7-10-5-4-6-20(10,18)19/h8-11H,4-7H2,1-3H3,(H,14,16). The van der Waals surface area contributed by atoms with Crippen molar-refractivity contribution in [3.05, 3.63) is 0 Å². The van der Waals surface area contributed by atoms with Crippen LogP contribution in [0.3, 0.4) is 0 Å². The number of piperazine rings is 1. The van der Waals surface area contributed by atoms with Gasteiger partial charge in [-0.2, -0.15) is 0 Å². The summed E-state index contributed by atoms with van der Waals surface area (Å²) in [6.07, 6.45) is 1.22. The molecule has 3 unspecified atom stereocenters. The summed E-state index contributed by atoms with van der Waals surface area (Å²) in [6.45, 7) is 5.51. The molecule has 0 aliphatic carbocycles. The van der Waals surface area contributed by atoms with Crippen LogP contribution in [0.2, 0.25) is 0 Å². The zero-order valence-electron chi connectivity index (χ0n) is 12.1. The van der Waals surface area contributed by atoms with Gasteiger partial charge in [0.25, 0.3) is 0 Å². The maximum Gasteiger partial charge on any atom is 0.246 e. The Bertz CT molecular complexity index is 514. The molecule has 2 aliphatic rings. The first-order valence-corrected chi connectivity index (χ1v) is 8.78. The van der Waals surface area contributed by atoms with E-state index in [1.54, 1.807) is 6.92 Å². The third-order valence-electron chi connectivity index (χ3n) is 4.22. The van der Waals surface area contributed by atoms with Gasteiger partial charge in [-0.3, -0.25) is 9.59 Å². The minimum atomic E-state index is -3.11. The molecule has 6 nitrogen and oxygen atoms in total. The van der Waals surface area contributed by atoms with Crippen molar-refractivity contribution in [1.29, 1.82) is 0 Å². The summed E-state index contributed by atoms with van der Waals surface area (Å²) in [5.74, 6) is -0.206. The van der Waals surface area contributed by atoms with Crippen LogP contribution < -0.4 is 5.32 Å². The number of hydrogen-bond acceptors (Lipinski definition) is 4. The number of carbonyl (C=O) groups is 2. The highest BCUT2D eigenvalue weighted by Gasteiger charge is 2.42. The average Bonchev–Trinajstić information content (AvgIpc) is 2.68. The maximum atomic E-state index is 12.4. The van der Waals surface area contributed by atoms with Gasteiger partial charge in [-0.15, -0.1) is 0 Å². The van der Waals surface area contributed by atoms with Gasteiger partial charge in [-0.25, -0.2) is 8.42 Å². The van der Waals surface area contributed by atoms with Gasteiger partial charge in [0.1, 0.15) is 12.1 Å². The van der Waals surface area contributed by atoms with E-state index in [1.807, 2.05) is 13.8 Å². The molecule has 20 heavy (non-hydrogen) atoms. The van der Waals surface area contributed by atoms with E-state index in [2.05, 4.69) is 5.32 Å². The van der Waals surface area contributed by atoms with E-state index in [0.717, 1.165) is 0 Å². The third-order valence-corrected chi connectivity index (χ3v) is 6.48. The highest BCUT2D eigenvalue weighted by atomic mass is 32.2. The monoisotopic (exact) mass is 302 g/mol. The maximum absolute atomic E-state index is 12.4. The molecule has 2 heterocycles. The number of sulfone groups is 1. The minimum absolute atomic E-state index is 0.0124. The second-order valence-corrected chi connectivity index (χ2v) is 8.43. The lowest BCUT2D eigenvalue weighted by atomic mass is 9.98. The average molecular weight is 302 g/mol. The molecule has 0 aromatic carbocycles. The van der Waals surface area contributed by atoms with Crippen molar-refractivity contribution < 1.29 is 18.0 Å². The fourth-order valence-corrected chi connectivity index (χ4v) is 4.65. The van der Waals surface area contributed by atoms with Crippen LogP contribution in [0.15, 0.2) is 0 Å². The lowest BCUT2D eigenvalue weighted by Gasteiger charge is -2.39. The number of hydrogen-bond donors (Lipinski definition) is 1. The number of rotatable bonds is 3. The smallest absolute Gasteiger partial charge is 0.246 e. The van der Waals surface area contributed by atoms with Crippen LogP contribution in [0, 0.1) is 5.92 Å². The van der Waals surface area contributed by atoms with Crippen molar-refractivity contribution in [2.45, 2.75) is 50.9 Å². The molecule has 0 aromatic rings. The third kappa shape index (κ3) is 2.68. The van der Waals surface area contributed by atoms with Gasteiger partial charge in [-0.05, 0) is 25.7 Å². The second kappa shape index (κ2) is 5.35. The van der Waals surface area contributed by atoms with E-state index in [0.29, 0.717) is 12.8 Å². The molecule has 0 saturated carbocycles. The summed E-state index contributed by atoms with van der Waals surface area (Å²) in [6, 6.07) is -1.16. The highest BCUT2D eigenvalue weighted by Crippen LogP contribution is 2.24. The molecule has 2 aliphatic heterocycles. The Balaban J connectivity index is 2.19. The molecular weight excluding hydrogens is 280 g/mol. The fraction of sp³-hybridized carbons (Fsp3) is 0.846. The van der Waals surface area contributed by atoms with Crippen LogP contribution in [-0.2, 0) is 19.4 Å². The molecule has 1 N–H and O–H groups in total. The van der Waals surface area contributed by atoms with E-state index in [9.17, 15) is 18.0 Å². The van der Waals surface area contributed by atoms with Gasteiger partial charge in [-0.1, -0.05) is 13.8 Å². The van der Waals surface area contributed by atoms with Gasteiger partial charge < -0.3 is 10.2 Å². The Morgan fingerprint density at radius 3 is 2.50 bits per heavy atom. The van der Waals surface area contributed by atoms with E-state index < -0.39 is 27.2 Å². The Labute approximate surface area is 119 Å². The molecule has 2 saturated heterocycles. The van der Waals surface area contributed by atoms with Gasteiger partial charge in [0.05, 0.1) is 11.0 Å². The van der Waals surface area contributed by atoms with Crippen LogP contribution >= 0.6 is 0 Å². The summed E-state index contributed by atoms with van der Waals surface area (Å²) in [5.41, 5.74) is 0. The van der Waals surface area contributed by atoms with E-state index in [1.165, 1.54) is 4.90 Å². The van der Waals surface area contributed by atoms with Gasteiger partial charge in [0, 0.05) is 6.54 Å². The quantitative estimate of drug-likeness (QED) is 0.791. The molecule has 0 bridgehead atoms. The van der Waals surface area contributed by atoms with Crippen molar-refractivity contribution in [3.63, 3.8) is 0 Å². The summed E-state index contributed by atoms with van der Waals surface area (Å²) < 4.78 is 23.8. The Kier molecular flexibility index (Phi) is 4.09. The van der Waals surface area contributed by atoms with Crippen LogP contribution in [0.25, 0.3) is 0 Å². The van der Waals surface area contributed by atoms with Crippen molar-refractivity contribution >= 4 is 21.7 Å². The van der Waals surface area contributed by atoms with Crippen molar-refractivity contribution in [2.75, 3.05) is 12.3 Å². The molecule has 0 spiro atoms. The molecule has 114 valence electrons. The largest absolute Gasteiger partial charge is 0.342 e. The first-order chi connectivity index (χ1) is 9.24. The molecule has 2 rings (SSSR count). The zero-order valence-corrected chi connectivity index (χ0v) is 12.9. The first kappa shape index (κ1) is 15.3. The molecule has 7 heteroatoms. The fourth-order valence-electron chi connectivity index (χ4n) is 2.83. The second-order valence-electron chi connectivity index (χ2n) is 6.03. The van der Waals surface area contributed by atoms with Crippen LogP contribution in [0.1, 0.15) is 33.6 Å². The van der Waals surface area contributed by atoms with Crippen molar-refractivity contribution in [2.24, 2.45) is 5.92 Å². The van der Waals surface area contributed by atoms with E-state index in [-0.39, 0.29) is 30.0 Å². The molecule has 0 aromatic heterocycles. The molecule has 3 atom stereocenters. The van der Waals surface area contributed by atoms with Crippen LogP contribution in [-0.4, -0.2) is 54.8 Å². The van der Waals surface area contributed by atoms with Crippen LogP contribution in [0.5, 0.6) is 0 Å². The summed E-state index contributed by atoms with van der Waals surface area (Å²) in [5, 5.41) is 2.19. The van der Waals surface area contributed by atoms with Crippen molar-refractivity contribution in [3.8, 4) is 0 Å². The Hall–Kier alpha value is -1.11. The summed E-state index contributed by atoms with van der Waals surface area (Å²) >= 11 is 0. The first-order valence-electron chi connectivity index (χ1n) is 7.06. The molecular formula is C13H22N2O4S. The minimum Gasteiger partial charge on any atom is -0.342 e. The number of amides is 2. The SMILES string of the molecule is CC(C)C1NC(=O)C(C)N(CC2CCCS2(=O)=O)C1=O. The van der Waals surface area contributed by atoms with Gasteiger partial charge >= 0.3 is 0 Å². The van der Waals surface area contributed by atoms with Crippen LogP contribution in [0.4, 0.5) is 0 Å². The number of nitrogens with one attached hydrogen (secondary N) is 1. The summed E-state index contributed by atoms with van der Waals surface area (Å²) in [7, 11) is -3.11. The van der Waals surface area contributed by atoms with E-state index >= 15 is 0 Å². The van der Waals surface area contributed by atoms with Gasteiger partial charge in [0.2, 0.25) is 11.8 Å². The lowest BCUT2D eigenvalue weighted by molar-refractivity contribution is -0.149. The molecule has 2 fully saturated rings.